The number of fused-ring (bicyclic) bond motifs is 3. The van der Waals surface area contributed by atoms with Crippen molar-refractivity contribution in [1.29, 1.82) is 0 Å². The van der Waals surface area contributed by atoms with Crippen molar-refractivity contribution in [3.8, 4) is 33.6 Å². The first-order valence-electron chi connectivity index (χ1n) is 14.6. The Morgan fingerprint density at radius 2 is 1.74 bits per heavy atom. The highest BCUT2D eigenvalue weighted by molar-refractivity contribution is 5.85. The predicted molar refractivity (Wildman–Crippen MR) is 161 cm³/mol. The summed E-state index contributed by atoms with van der Waals surface area (Å²) in [5.41, 5.74) is 9.56. The van der Waals surface area contributed by atoms with Gasteiger partial charge in [-0.25, -0.2) is 9.97 Å². The molecule has 1 fully saturated rings. The molecule has 1 aromatic carbocycles. The summed E-state index contributed by atoms with van der Waals surface area (Å²) in [6.45, 7) is 3.89. The minimum atomic E-state index is 0.397. The van der Waals surface area contributed by atoms with Gasteiger partial charge in [-0.2, -0.15) is 15.3 Å². The van der Waals surface area contributed by atoms with Crippen LogP contribution in [-0.4, -0.2) is 77.6 Å². The summed E-state index contributed by atoms with van der Waals surface area (Å²) < 4.78 is 11.1. The topological polar surface area (TPSA) is 104 Å². The van der Waals surface area contributed by atoms with Crippen LogP contribution in [0, 0.1) is 0 Å². The SMILES string of the molecule is COCCN1CCC(n2cc(Nc3ncc4c(n3)-c3c(nn(C)c3-c3ccc(-c5cnn(C)c5)cc3)CC4)cn2)CC1. The Bertz CT molecular complexity index is 1690. The number of hydrogen-bond donors (Lipinski definition) is 1. The molecule has 0 amide bonds. The summed E-state index contributed by atoms with van der Waals surface area (Å²) in [7, 11) is 5.71. The molecule has 0 saturated carbocycles. The van der Waals surface area contributed by atoms with E-state index in [0.29, 0.717) is 12.0 Å². The molecule has 4 aromatic heterocycles. The lowest BCUT2D eigenvalue weighted by molar-refractivity contribution is 0.119. The maximum absolute atomic E-state index is 5.23. The third-order valence-corrected chi connectivity index (χ3v) is 8.45. The average Bonchev–Trinajstić information content (AvgIpc) is 3.75. The number of aryl methyl sites for hydroxylation is 4. The van der Waals surface area contributed by atoms with Crippen molar-refractivity contribution in [2.24, 2.45) is 14.1 Å². The second-order valence-electron chi connectivity index (χ2n) is 11.2. The molecule has 11 nitrogen and oxygen atoms in total. The lowest BCUT2D eigenvalue weighted by Gasteiger charge is -2.31. The largest absolute Gasteiger partial charge is 0.383 e. The van der Waals surface area contributed by atoms with E-state index in [1.807, 2.05) is 48.2 Å². The minimum absolute atomic E-state index is 0.397. The van der Waals surface area contributed by atoms with Crippen LogP contribution in [0.4, 0.5) is 11.6 Å². The monoisotopic (exact) mass is 564 g/mol. The van der Waals surface area contributed by atoms with Crippen LogP contribution in [0.25, 0.3) is 33.6 Å². The van der Waals surface area contributed by atoms with Gasteiger partial charge in [-0.05, 0) is 36.8 Å². The number of aromatic nitrogens is 8. The zero-order valence-corrected chi connectivity index (χ0v) is 24.4. The fourth-order valence-electron chi connectivity index (χ4n) is 6.20. The highest BCUT2D eigenvalue weighted by Gasteiger charge is 2.27. The summed E-state index contributed by atoms with van der Waals surface area (Å²) >= 11 is 0. The maximum atomic E-state index is 5.23. The smallest absolute Gasteiger partial charge is 0.227 e. The van der Waals surface area contributed by atoms with Crippen LogP contribution >= 0.6 is 0 Å². The van der Waals surface area contributed by atoms with Crippen LogP contribution in [0.2, 0.25) is 0 Å². The predicted octanol–water partition coefficient (Wildman–Crippen LogP) is 4.27. The maximum Gasteiger partial charge on any atom is 0.227 e. The van der Waals surface area contributed by atoms with Gasteiger partial charge >= 0.3 is 0 Å². The van der Waals surface area contributed by atoms with Gasteiger partial charge in [-0.15, -0.1) is 0 Å². The zero-order valence-electron chi connectivity index (χ0n) is 24.4. The molecule has 2 aliphatic rings. The molecule has 7 rings (SSSR count). The number of hydrogen-bond acceptors (Lipinski definition) is 8. The van der Waals surface area contributed by atoms with Gasteiger partial charge in [0.1, 0.15) is 0 Å². The Morgan fingerprint density at radius 3 is 2.50 bits per heavy atom. The summed E-state index contributed by atoms with van der Waals surface area (Å²) in [4.78, 5) is 12.2. The normalized spacial score (nSPS) is 15.5. The van der Waals surface area contributed by atoms with Gasteiger partial charge in [-0.1, -0.05) is 24.3 Å². The van der Waals surface area contributed by atoms with E-state index in [9.17, 15) is 0 Å². The van der Waals surface area contributed by atoms with Crippen molar-refractivity contribution < 1.29 is 4.74 Å². The molecule has 1 aliphatic heterocycles. The van der Waals surface area contributed by atoms with E-state index in [0.717, 1.165) is 103 Å². The first kappa shape index (κ1) is 26.5. The molecule has 1 aliphatic carbocycles. The van der Waals surface area contributed by atoms with Crippen molar-refractivity contribution >= 4 is 11.6 Å². The highest BCUT2D eigenvalue weighted by Crippen LogP contribution is 2.40. The van der Waals surface area contributed by atoms with E-state index < -0.39 is 0 Å². The molecule has 0 bridgehead atoms. The third kappa shape index (κ3) is 5.10. The number of rotatable bonds is 8. The second-order valence-corrected chi connectivity index (χ2v) is 11.2. The van der Waals surface area contributed by atoms with E-state index in [1.165, 1.54) is 0 Å². The quantitative estimate of drug-likeness (QED) is 0.298. The molecule has 5 heterocycles. The van der Waals surface area contributed by atoms with Crippen LogP contribution in [0.1, 0.15) is 30.1 Å². The average molecular weight is 565 g/mol. The Labute approximate surface area is 245 Å². The number of methoxy groups -OCH3 is 1. The molecule has 42 heavy (non-hydrogen) atoms. The number of anilines is 2. The molecule has 11 heteroatoms. The zero-order chi connectivity index (χ0) is 28.6. The first-order chi connectivity index (χ1) is 20.6. The van der Waals surface area contributed by atoms with Crippen molar-refractivity contribution in [2.75, 3.05) is 38.7 Å². The van der Waals surface area contributed by atoms with E-state index in [1.54, 1.807) is 7.11 Å². The lowest BCUT2D eigenvalue weighted by atomic mass is 9.91. The minimum Gasteiger partial charge on any atom is -0.383 e. The number of benzene rings is 1. The van der Waals surface area contributed by atoms with Gasteiger partial charge in [0.15, 0.2) is 0 Å². The van der Waals surface area contributed by atoms with Crippen molar-refractivity contribution in [1.82, 2.24) is 44.2 Å². The molecule has 1 N–H and O–H groups in total. The Morgan fingerprint density at radius 1 is 0.929 bits per heavy atom. The van der Waals surface area contributed by atoms with E-state index >= 15 is 0 Å². The van der Waals surface area contributed by atoms with Crippen LogP contribution in [0.5, 0.6) is 0 Å². The molecule has 1 saturated heterocycles. The van der Waals surface area contributed by atoms with Crippen molar-refractivity contribution in [3.63, 3.8) is 0 Å². The first-order valence-corrected chi connectivity index (χ1v) is 14.6. The molecular formula is C31H36N10O. The Balaban J connectivity index is 1.12. The second kappa shape index (κ2) is 11.1. The van der Waals surface area contributed by atoms with Gasteiger partial charge in [0, 0.05) is 76.1 Å². The van der Waals surface area contributed by atoms with Gasteiger partial charge < -0.3 is 15.0 Å². The van der Waals surface area contributed by atoms with Crippen molar-refractivity contribution in [2.45, 2.75) is 31.7 Å². The highest BCUT2D eigenvalue weighted by atomic mass is 16.5. The fourth-order valence-corrected chi connectivity index (χ4v) is 6.20. The molecule has 0 atom stereocenters. The van der Waals surface area contributed by atoms with E-state index in [-0.39, 0.29) is 0 Å². The van der Waals surface area contributed by atoms with Crippen molar-refractivity contribution in [3.05, 3.63) is 66.5 Å². The Hall–Kier alpha value is -4.35. The summed E-state index contributed by atoms with van der Waals surface area (Å²) in [5, 5.41) is 17.3. The number of likely N-dealkylation sites (tertiary alicyclic amines) is 1. The van der Waals surface area contributed by atoms with Gasteiger partial charge in [0.05, 0.1) is 47.8 Å². The van der Waals surface area contributed by atoms with Crippen LogP contribution in [0.15, 0.2) is 55.2 Å². The number of nitrogens with zero attached hydrogens (tertiary/aromatic N) is 9. The number of piperidine rings is 1. The van der Waals surface area contributed by atoms with Gasteiger partial charge in [0.2, 0.25) is 5.95 Å². The van der Waals surface area contributed by atoms with Crippen LogP contribution < -0.4 is 5.32 Å². The summed E-state index contributed by atoms with van der Waals surface area (Å²) in [5.74, 6) is 0.567. The number of nitrogens with one attached hydrogen (secondary N) is 1. The fraction of sp³-hybridized carbons (Fsp3) is 0.387. The third-order valence-electron chi connectivity index (χ3n) is 8.45. The lowest BCUT2D eigenvalue weighted by Crippen LogP contribution is -2.36. The molecule has 0 unspecified atom stereocenters. The van der Waals surface area contributed by atoms with Gasteiger partial charge in [-0.3, -0.25) is 14.0 Å². The molecule has 0 spiro atoms. The Kier molecular flexibility index (Phi) is 7.04. The number of ether oxygens (including phenoxy) is 1. The molecule has 5 aromatic rings. The molecule has 0 radical (unpaired) electrons. The van der Waals surface area contributed by atoms with Crippen LogP contribution in [-0.2, 0) is 31.7 Å². The van der Waals surface area contributed by atoms with E-state index in [4.69, 9.17) is 14.8 Å². The van der Waals surface area contributed by atoms with E-state index in [2.05, 4.69) is 60.5 Å². The summed E-state index contributed by atoms with van der Waals surface area (Å²) in [6.07, 6.45) is 13.7. The van der Waals surface area contributed by atoms with Gasteiger partial charge in [0.25, 0.3) is 0 Å². The van der Waals surface area contributed by atoms with Crippen LogP contribution in [0.3, 0.4) is 0 Å². The molecule has 216 valence electrons. The summed E-state index contributed by atoms with van der Waals surface area (Å²) in [6, 6.07) is 9.00. The standard InChI is InChI=1S/C31H36N10O/c1-38-19-24(17-33-38)21-4-6-22(7-5-21)30-28-27(37-39(30)2)9-8-23-16-32-31(36-29(23)28)35-25-18-34-41(20-25)26-10-12-40(13-11-26)14-15-42-3/h4-7,16-20,26H,8-15H2,1-3H3,(H,32,35,36). The molecular weight excluding hydrogens is 528 g/mol.